The minimum Gasteiger partial charge on any atom is -0.508 e. The van der Waals surface area contributed by atoms with Gasteiger partial charge in [0, 0.05) is 7.05 Å². The minimum atomic E-state index is -0.0504. The molecule has 10 heavy (non-hydrogen) atoms. The van der Waals surface area contributed by atoms with E-state index in [1.807, 2.05) is 0 Å². The first-order chi connectivity index (χ1) is 4.63. The first-order valence-electron chi connectivity index (χ1n) is 2.78. The molecule has 0 bridgehead atoms. The van der Waals surface area contributed by atoms with Crippen molar-refractivity contribution in [3.05, 3.63) is 18.3 Å². The molecule has 0 saturated heterocycles. The summed E-state index contributed by atoms with van der Waals surface area (Å²) in [6.07, 6.45) is 1.47. The molecule has 0 fully saturated rings. The largest absolute Gasteiger partial charge is 0.508 e. The second kappa shape index (κ2) is 2.06. The Morgan fingerprint density at radius 3 is 2.70 bits per heavy atom. The lowest BCUT2D eigenvalue weighted by Gasteiger charge is -1.95. The molecule has 0 saturated carbocycles. The van der Waals surface area contributed by atoms with Gasteiger partial charge in [0.2, 0.25) is 0 Å². The van der Waals surface area contributed by atoms with Gasteiger partial charge >= 0.3 is 0 Å². The average Bonchev–Trinajstić information content (AvgIpc) is 2.14. The zero-order valence-electron chi connectivity index (χ0n) is 5.70. The van der Waals surface area contributed by atoms with E-state index in [4.69, 9.17) is 10.8 Å². The summed E-state index contributed by atoms with van der Waals surface area (Å²) in [7, 11) is 1.70. The molecular weight excluding hydrogens is 130 g/mol. The molecule has 4 heteroatoms. The molecular formula is C6H9N3O. The Morgan fingerprint density at radius 2 is 2.50 bits per heavy atom. The molecule has 0 aliphatic rings. The number of nitrogens with zero attached hydrogens (tertiary/aromatic N) is 2. The Hall–Kier alpha value is -1.45. The van der Waals surface area contributed by atoms with Crippen LogP contribution < -0.4 is 5.73 Å². The molecule has 1 rings (SSSR count). The summed E-state index contributed by atoms with van der Waals surface area (Å²) in [5.74, 6) is 0.373. The van der Waals surface area contributed by atoms with Crippen molar-refractivity contribution in [2.45, 2.75) is 0 Å². The van der Waals surface area contributed by atoms with Crippen LogP contribution in [-0.2, 0) is 7.05 Å². The molecule has 0 radical (unpaired) electrons. The molecule has 0 atom stereocenters. The molecule has 1 heterocycles. The fourth-order valence-electron chi connectivity index (χ4n) is 0.669. The van der Waals surface area contributed by atoms with Crippen molar-refractivity contribution >= 4 is 11.6 Å². The van der Waals surface area contributed by atoms with Crippen LogP contribution in [0.15, 0.2) is 12.8 Å². The van der Waals surface area contributed by atoms with Gasteiger partial charge in [-0.05, 0) is 0 Å². The van der Waals surface area contributed by atoms with E-state index >= 15 is 0 Å². The third-order valence-electron chi connectivity index (χ3n) is 1.30. The van der Waals surface area contributed by atoms with Crippen molar-refractivity contribution < 1.29 is 5.11 Å². The van der Waals surface area contributed by atoms with E-state index in [1.54, 1.807) is 7.05 Å². The number of aliphatic hydroxyl groups is 1. The SMILES string of the molecule is C=C(O)c1cnn(C)c1N. The first-order valence-corrected chi connectivity index (χ1v) is 2.78. The normalized spacial score (nSPS) is 9.70. The Balaban J connectivity index is 3.17. The lowest BCUT2D eigenvalue weighted by atomic mass is 10.3. The van der Waals surface area contributed by atoms with Gasteiger partial charge in [-0.15, -0.1) is 0 Å². The van der Waals surface area contributed by atoms with Crippen LogP contribution >= 0.6 is 0 Å². The topological polar surface area (TPSA) is 64.1 Å². The number of anilines is 1. The number of aryl methyl sites for hydroxylation is 1. The third kappa shape index (κ3) is 0.834. The number of nitrogen functional groups attached to an aromatic ring is 1. The monoisotopic (exact) mass is 139 g/mol. The Labute approximate surface area is 58.6 Å². The number of aliphatic hydroxyl groups excluding tert-OH is 1. The predicted octanol–water partition coefficient (Wildman–Crippen LogP) is 0.531. The van der Waals surface area contributed by atoms with Gasteiger partial charge in [-0.25, -0.2) is 0 Å². The molecule has 4 nitrogen and oxygen atoms in total. The third-order valence-corrected chi connectivity index (χ3v) is 1.30. The molecule has 54 valence electrons. The maximum atomic E-state index is 8.89. The van der Waals surface area contributed by atoms with E-state index in [9.17, 15) is 0 Å². The highest BCUT2D eigenvalue weighted by Crippen LogP contribution is 2.15. The van der Waals surface area contributed by atoms with E-state index in [-0.39, 0.29) is 5.76 Å². The van der Waals surface area contributed by atoms with Crippen molar-refractivity contribution in [3.8, 4) is 0 Å². The van der Waals surface area contributed by atoms with Crippen LogP contribution in [-0.4, -0.2) is 14.9 Å². The van der Waals surface area contributed by atoms with Gasteiger partial charge in [-0.3, -0.25) is 4.68 Å². The van der Waals surface area contributed by atoms with E-state index < -0.39 is 0 Å². The summed E-state index contributed by atoms with van der Waals surface area (Å²) < 4.78 is 1.47. The summed E-state index contributed by atoms with van der Waals surface area (Å²) in [4.78, 5) is 0. The first kappa shape index (κ1) is 6.67. The molecule has 0 aromatic carbocycles. The fraction of sp³-hybridized carbons (Fsp3) is 0.167. The standard InChI is InChI=1S/C6H9N3O/c1-4(10)5-3-8-9(2)6(5)7/h3,10H,1,7H2,2H3. The van der Waals surface area contributed by atoms with Crippen LogP contribution in [0.5, 0.6) is 0 Å². The number of hydrogen-bond acceptors (Lipinski definition) is 3. The Kier molecular flexibility index (Phi) is 1.37. The van der Waals surface area contributed by atoms with Gasteiger partial charge in [-0.1, -0.05) is 6.58 Å². The zero-order chi connectivity index (χ0) is 7.72. The molecule has 1 aromatic heterocycles. The second-order valence-corrected chi connectivity index (χ2v) is 2.01. The van der Waals surface area contributed by atoms with Crippen molar-refractivity contribution in [2.75, 3.05) is 5.73 Å². The minimum absolute atomic E-state index is 0.0504. The molecule has 0 amide bonds. The summed E-state index contributed by atoms with van der Waals surface area (Å²) >= 11 is 0. The van der Waals surface area contributed by atoms with Gasteiger partial charge < -0.3 is 10.8 Å². The molecule has 0 aliphatic heterocycles. The van der Waals surface area contributed by atoms with Crippen molar-refractivity contribution in [1.82, 2.24) is 9.78 Å². The molecule has 0 unspecified atom stereocenters. The smallest absolute Gasteiger partial charge is 0.132 e. The van der Waals surface area contributed by atoms with Gasteiger partial charge in [0.25, 0.3) is 0 Å². The number of nitrogens with two attached hydrogens (primary N) is 1. The highest BCUT2D eigenvalue weighted by molar-refractivity contribution is 5.65. The summed E-state index contributed by atoms with van der Waals surface area (Å²) in [6.45, 7) is 3.32. The summed E-state index contributed by atoms with van der Waals surface area (Å²) in [5, 5.41) is 12.7. The second-order valence-electron chi connectivity index (χ2n) is 2.01. The molecule has 0 aliphatic carbocycles. The predicted molar refractivity (Wildman–Crippen MR) is 39.3 cm³/mol. The van der Waals surface area contributed by atoms with Gasteiger partial charge in [-0.2, -0.15) is 5.10 Å². The van der Waals surface area contributed by atoms with Crippen molar-refractivity contribution in [3.63, 3.8) is 0 Å². The van der Waals surface area contributed by atoms with Gasteiger partial charge in [0.1, 0.15) is 11.6 Å². The number of aromatic nitrogens is 2. The average molecular weight is 139 g/mol. The lowest BCUT2D eigenvalue weighted by Crippen LogP contribution is -1.98. The highest BCUT2D eigenvalue weighted by Gasteiger charge is 2.05. The van der Waals surface area contributed by atoms with E-state index in [0.717, 1.165) is 0 Å². The van der Waals surface area contributed by atoms with Crippen LogP contribution in [0.3, 0.4) is 0 Å². The summed E-state index contributed by atoms with van der Waals surface area (Å²) in [5.41, 5.74) is 5.97. The quantitative estimate of drug-likeness (QED) is 0.558. The van der Waals surface area contributed by atoms with Crippen LogP contribution in [0.2, 0.25) is 0 Å². The Morgan fingerprint density at radius 1 is 1.90 bits per heavy atom. The van der Waals surface area contributed by atoms with E-state index in [0.29, 0.717) is 11.4 Å². The zero-order valence-corrected chi connectivity index (χ0v) is 5.70. The number of rotatable bonds is 1. The van der Waals surface area contributed by atoms with E-state index in [1.165, 1.54) is 10.9 Å². The molecule has 3 N–H and O–H groups in total. The van der Waals surface area contributed by atoms with E-state index in [2.05, 4.69) is 11.7 Å². The van der Waals surface area contributed by atoms with Crippen LogP contribution in [0.1, 0.15) is 5.56 Å². The fourth-order valence-corrected chi connectivity index (χ4v) is 0.669. The van der Waals surface area contributed by atoms with Crippen LogP contribution in [0.25, 0.3) is 5.76 Å². The van der Waals surface area contributed by atoms with Crippen LogP contribution in [0, 0.1) is 0 Å². The maximum absolute atomic E-state index is 8.89. The van der Waals surface area contributed by atoms with Crippen molar-refractivity contribution in [2.24, 2.45) is 7.05 Å². The van der Waals surface area contributed by atoms with Crippen molar-refractivity contribution in [1.29, 1.82) is 0 Å². The lowest BCUT2D eigenvalue weighted by molar-refractivity contribution is 0.514. The maximum Gasteiger partial charge on any atom is 0.132 e. The highest BCUT2D eigenvalue weighted by atomic mass is 16.3. The Bertz CT molecular complexity index is 264. The van der Waals surface area contributed by atoms with Crippen LogP contribution in [0.4, 0.5) is 5.82 Å². The molecule has 1 aromatic rings. The number of hydrogen-bond donors (Lipinski definition) is 2. The summed E-state index contributed by atoms with van der Waals surface area (Å²) in [6, 6.07) is 0. The van der Waals surface area contributed by atoms with Gasteiger partial charge in [0.05, 0.1) is 11.8 Å². The molecule has 0 spiro atoms. The van der Waals surface area contributed by atoms with Gasteiger partial charge in [0.15, 0.2) is 0 Å².